The summed E-state index contributed by atoms with van der Waals surface area (Å²) < 4.78 is 12.3. The third-order valence-electron chi connectivity index (χ3n) is 5.31. The minimum atomic E-state index is -0.441. The lowest BCUT2D eigenvalue weighted by Gasteiger charge is -2.37. The second kappa shape index (κ2) is 7.14. The molecule has 1 aliphatic heterocycles. The number of fused-ring (bicyclic) bond motifs is 1. The van der Waals surface area contributed by atoms with Crippen LogP contribution < -0.4 is 14.8 Å². The highest BCUT2D eigenvalue weighted by molar-refractivity contribution is 5.88. The molecule has 1 atom stereocenters. The number of rotatable bonds is 4. The van der Waals surface area contributed by atoms with E-state index in [1.165, 1.54) is 6.92 Å². The fourth-order valence-corrected chi connectivity index (χ4v) is 3.47. The normalized spacial score (nSPS) is 18.4. The van der Waals surface area contributed by atoms with E-state index in [-0.39, 0.29) is 5.91 Å². The minimum Gasteiger partial charge on any atom is -0.507 e. The molecule has 0 saturated heterocycles. The van der Waals surface area contributed by atoms with Gasteiger partial charge in [0.1, 0.15) is 29.5 Å². The highest BCUT2D eigenvalue weighted by Crippen LogP contribution is 2.43. The molecule has 5 nitrogen and oxygen atoms in total. The van der Waals surface area contributed by atoms with Gasteiger partial charge in [-0.05, 0) is 81.5 Å². The molecule has 0 spiro atoms. The summed E-state index contributed by atoms with van der Waals surface area (Å²) in [7, 11) is 0. The van der Waals surface area contributed by atoms with Gasteiger partial charge >= 0.3 is 0 Å². The Hall–Kier alpha value is -2.69. The summed E-state index contributed by atoms with van der Waals surface area (Å²) >= 11 is 0. The fraction of sp³-hybridized carbons (Fsp3) is 0.409. The number of carbonyl (C=O) groups excluding carboxylic acids is 1. The van der Waals surface area contributed by atoms with Gasteiger partial charge in [0.15, 0.2) is 0 Å². The van der Waals surface area contributed by atoms with Crippen molar-refractivity contribution in [3.05, 3.63) is 46.5 Å². The van der Waals surface area contributed by atoms with Crippen LogP contribution in [0.15, 0.2) is 24.3 Å². The summed E-state index contributed by atoms with van der Waals surface area (Å²) in [5.74, 6) is 1.88. The standard InChI is InChI=1S/C22H27NO4/c1-13-14(2)21-19(15(3)20(13)25)10-11-22(5,27-21)12-26-18-8-6-17(7-9-18)23-16(4)24/h6-9,25H,10-12H2,1-5H3,(H,23,24). The molecule has 0 aromatic heterocycles. The average molecular weight is 369 g/mol. The zero-order chi connectivity index (χ0) is 19.8. The van der Waals surface area contributed by atoms with Gasteiger partial charge in [0, 0.05) is 18.2 Å². The van der Waals surface area contributed by atoms with Crippen molar-refractivity contribution < 1.29 is 19.4 Å². The second-order valence-corrected chi connectivity index (χ2v) is 7.58. The van der Waals surface area contributed by atoms with Crippen LogP contribution in [-0.2, 0) is 11.2 Å². The van der Waals surface area contributed by atoms with Crippen LogP contribution in [0.25, 0.3) is 0 Å². The van der Waals surface area contributed by atoms with Crippen LogP contribution in [0.5, 0.6) is 17.2 Å². The molecule has 1 amide bonds. The van der Waals surface area contributed by atoms with E-state index in [0.29, 0.717) is 12.4 Å². The van der Waals surface area contributed by atoms with E-state index in [1.807, 2.05) is 45.0 Å². The maximum absolute atomic E-state index is 11.1. The molecule has 0 aliphatic carbocycles. The average Bonchev–Trinajstić information content (AvgIpc) is 2.64. The van der Waals surface area contributed by atoms with Crippen molar-refractivity contribution >= 4 is 11.6 Å². The highest BCUT2D eigenvalue weighted by atomic mass is 16.5. The first kappa shape index (κ1) is 19.1. The largest absolute Gasteiger partial charge is 0.507 e. The Bertz CT molecular complexity index is 873. The van der Waals surface area contributed by atoms with Crippen LogP contribution in [0.1, 0.15) is 42.5 Å². The number of nitrogens with one attached hydrogen (secondary N) is 1. The summed E-state index contributed by atoms with van der Waals surface area (Å²) in [4.78, 5) is 11.1. The molecule has 5 heteroatoms. The number of benzene rings is 2. The number of hydrogen-bond acceptors (Lipinski definition) is 4. The predicted octanol–water partition coefficient (Wildman–Crippen LogP) is 4.44. The first-order chi connectivity index (χ1) is 12.7. The Morgan fingerprint density at radius 2 is 1.85 bits per heavy atom. The molecule has 0 saturated carbocycles. The number of carbonyl (C=O) groups is 1. The fourth-order valence-electron chi connectivity index (χ4n) is 3.47. The van der Waals surface area contributed by atoms with E-state index < -0.39 is 5.60 Å². The molecular weight excluding hydrogens is 342 g/mol. The van der Waals surface area contributed by atoms with E-state index in [9.17, 15) is 9.90 Å². The molecule has 144 valence electrons. The smallest absolute Gasteiger partial charge is 0.221 e. The van der Waals surface area contributed by atoms with E-state index in [4.69, 9.17) is 9.47 Å². The van der Waals surface area contributed by atoms with Crippen molar-refractivity contribution in [2.24, 2.45) is 0 Å². The zero-order valence-electron chi connectivity index (χ0n) is 16.6. The van der Waals surface area contributed by atoms with Crippen LogP contribution in [0.2, 0.25) is 0 Å². The van der Waals surface area contributed by atoms with Crippen LogP contribution in [0, 0.1) is 20.8 Å². The maximum Gasteiger partial charge on any atom is 0.221 e. The quantitative estimate of drug-likeness (QED) is 0.836. The molecule has 3 rings (SSSR count). The number of amides is 1. The van der Waals surface area contributed by atoms with Gasteiger partial charge in [0.05, 0.1) is 0 Å². The summed E-state index contributed by atoms with van der Waals surface area (Å²) in [6, 6.07) is 7.30. The molecule has 1 heterocycles. The third kappa shape index (κ3) is 3.87. The Kier molecular flexibility index (Phi) is 5.05. The van der Waals surface area contributed by atoms with Crippen molar-refractivity contribution in [1.82, 2.24) is 0 Å². The molecule has 2 aromatic carbocycles. The molecule has 0 fully saturated rings. The van der Waals surface area contributed by atoms with E-state index in [1.54, 1.807) is 0 Å². The third-order valence-corrected chi connectivity index (χ3v) is 5.31. The first-order valence-corrected chi connectivity index (χ1v) is 9.21. The van der Waals surface area contributed by atoms with Crippen molar-refractivity contribution in [2.45, 2.75) is 53.1 Å². The Labute approximate surface area is 160 Å². The molecular formula is C22H27NO4. The van der Waals surface area contributed by atoms with Crippen LogP contribution in [-0.4, -0.2) is 23.2 Å². The summed E-state index contributed by atoms with van der Waals surface area (Å²) in [6.07, 6.45) is 1.66. The Morgan fingerprint density at radius 3 is 2.48 bits per heavy atom. The summed E-state index contributed by atoms with van der Waals surface area (Å²) in [6.45, 7) is 9.80. The number of hydrogen-bond donors (Lipinski definition) is 2. The van der Waals surface area contributed by atoms with Gasteiger partial charge in [-0.3, -0.25) is 4.79 Å². The minimum absolute atomic E-state index is 0.0996. The number of phenols is 1. The summed E-state index contributed by atoms with van der Waals surface area (Å²) in [5.41, 5.74) is 4.15. The van der Waals surface area contributed by atoms with Gasteiger partial charge in [-0.15, -0.1) is 0 Å². The SMILES string of the molecule is CC(=O)Nc1ccc(OCC2(C)CCc3c(C)c(O)c(C)c(C)c3O2)cc1. The lowest BCUT2D eigenvalue weighted by atomic mass is 9.87. The molecule has 0 bridgehead atoms. The van der Waals surface area contributed by atoms with E-state index >= 15 is 0 Å². The van der Waals surface area contributed by atoms with Gasteiger partial charge in [-0.2, -0.15) is 0 Å². The van der Waals surface area contributed by atoms with Gasteiger partial charge < -0.3 is 19.9 Å². The van der Waals surface area contributed by atoms with Crippen LogP contribution in [0.4, 0.5) is 5.69 Å². The van der Waals surface area contributed by atoms with Crippen LogP contribution >= 0.6 is 0 Å². The Balaban J connectivity index is 1.73. The molecule has 2 aromatic rings. The zero-order valence-corrected chi connectivity index (χ0v) is 16.6. The first-order valence-electron chi connectivity index (χ1n) is 9.21. The summed E-state index contributed by atoms with van der Waals surface area (Å²) in [5, 5.41) is 13.0. The van der Waals surface area contributed by atoms with E-state index in [0.717, 1.165) is 52.3 Å². The lowest BCUT2D eigenvalue weighted by Crippen LogP contribution is -2.42. The Morgan fingerprint density at radius 1 is 1.19 bits per heavy atom. The number of aromatic hydroxyl groups is 1. The number of phenolic OH excluding ortho intramolecular Hbond substituents is 1. The van der Waals surface area contributed by atoms with Crippen molar-refractivity contribution in [2.75, 3.05) is 11.9 Å². The van der Waals surface area contributed by atoms with Crippen LogP contribution in [0.3, 0.4) is 0 Å². The monoisotopic (exact) mass is 369 g/mol. The molecule has 27 heavy (non-hydrogen) atoms. The molecule has 1 aliphatic rings. The predicted molar refractivity (Wildman–Crippen MR) is 106 cm³/mol. The highest BCUT2D eigenvalue weighted by Gasteiger charge is 2.35. The van der Waals surface area contributed by atoms with Gasteiger partial charge in [-0.25, -0.2) is 0 Å². The van der Waals surface area contributed by atoms with Crippen molar-refractivity contribution in [1.29, 1.82) is 0 Å². The lowest BCUT2D eigenvalue weighted by molar-refractivity contribution is -0.114. The van der Waals surface area contributed by atoms with Crippen molar-refractivity contribution in [3.63, 3.8) is 0 Å². The van der Waals surface area contributed by atoms with E-state index in [2.05, 4.69) is 12.2 Å². The number of ether oxygens (including phenoxy) is 2. The molecule has 0 radical (unpaired) electrons. The van der Waals surface area contributed by atoms with Gasteiger partial charge in [0.25, 0.3) is 0 Å². The maximum atomic E-state index is 11.1. The van der Waals surface area contributed by atoms with Crippen molar-refractivity contribution in [3.8, 4) is 17.2 Å². The molecule has 2 N–H and O–H groups in total. The number of anilines is 1. The van der Waals surface area contributed by atoms with Gasteiger partial charge in [-0.1, -0.05) is 0 Å². The van der Waals surface area contributed by atoms with Gasteiger partial charge in [0.2, 0.25) is 5.91 Å². The second-order valence-electron chi connectivity index (χ2n) is 7.58. The topological polar surface area (TPSA) is 67.8 Å². The molecule has 1 unspecified atom stereocenters.